The van der Waals surface area contributed by atoms with Gasteiger partial charge in [-0.3, -0.25) is 10.1 Å². The van der Waals surface area contributed by atoms with E-state index in [1.54, 1.807) is 25.4 Å². The van der Waals surface area contributed by atoms with Crippen molar-refractivity contribution in [2.24, 2.45) is 0 Å². The SMILES string of the molecule is C=CC1=CC=CN(C)C1[N+](=O)[O-]. The first-order chi connectivity index (χ1) is 5.66. The third-order valence-corrected chi connectivity index (χ3v) is 1.73. The second-order valence-corrected chi connectivity index (χ2v) is 2.54. The summed E-state index contributed by atoms with van der Waals surface area (Å²) in [5.74, 6) is 0. The van der Waals surface area contributed by atoms with Gasteiger partial charge in [0, 0.05) is 18.8 Å². The van der Waals surface area contributed by atoms with Crippen molar-refractivity contribution in [3.05, 3.63) is 46.7 Å². The fourth-order valence-electron chi connectivity index (χ4n) is 1.14. The first kappa shape index (κ1) is 8.52. The number of rotatable bonds is 2. The standard InChI is InChI=1S/C8H10N2O2/c1-3-7-5-4-6-9(2)8(7)10(11)12/h3-6,8H,1H2,2H3. The highest BCUT2D eigenvalue weighted by Crippen LogP contribution is 2.15. The van der Waals surface area contributed by atoms with Crippen LogP contribution >= 0.6 is 0 Å². The van der Waals surface area contributed by atoms with Gasteiger partial charge in [-0.1, -0.05) is 12.7 Å². The highest BCUT2D eigenvalue weighted by molar-refractivity contribution is 5.28. The Bertz CT molecular complexity index is 268. The van der Waals surface area contributed by atoms with Gasteiger partial charge in [-0.15, -0.1) is 0 Å². The second-order valence-electron chi connectivity index (χ2n) is 2.54. The van der Waals surface area contributed by atoms with Crippen molar-refractivity contribution in [3.63, 3.8) is 0 Å². The molecule has 1 rings (SSSR count). The minimum absolute atomic E-state index is 0.336. The molecule has 4 nitrogen and oxygen atoms in total. The lowest BCUT2D eigenvalue weighted by Crippen LogP contribution is -2.37. The third kappa shape index (κ3) is 1.37. The van der Waals surface area contributed by atoms with Crippen molar-refractivity contribution in [2.75, 3.05) is 7.05 Å². The molecule has 0 fully saturated rings. The summed E-state index contributed by atoms with van der Waals surface area (Å²) in [5, 5.41) is 10.6. The Morgan fingerprint density at radius 3 is 2.92 bits per heavy atom. The Hall–Kier alpha value is -1.58. The molecule has 1 aliphatic heterocycles. The summed E-state index contributed by atoms with van der Waals surface area (Å²) in [5.41, 5.74) is 0.616. The van der Waals surface area contributed by atoms with E-state index in [0.717, 1.165) is 0 Å². The van der Waals surface area contributed by atoms with Gasteiger partial charge in [-0.2, -0.15) is 0 Å². The molecule has 0 bridgehead atoms. The Morgan fingerprint density at radius 1 is 1.83 bits per heavy atom. The van der Waals surface area contributed by atoms with Crippen LogP contribution in [-0.2, 0) is 0 Å². The van der Waals surface area contributed by atoms with Crippen molar-refractivity contribution < 1.29 is 4.92 Å². The molecule has 4 heteroatoms. The lowest BCUT2D eigenvalue weighted by Gasteiger charge is -2.22. The van der Waals surface area contributed by atoms with Crippen LogP contribution in [0.15, 0.2) is 36.6 Å². The van der Waals surface area contributed by atoms with Gasteiger partial charge < -0.3 is 4.90 Å². The monoisotopic (exact) mass is 166 g/mol. The lowest BCUT2D eigenvalue weighted by atomic mass is 10.1. The molecule has 0 amide bonds. The van der Waals surface area contributed by atoms with Crippen LogP contribution in [-0.4, -0.2) is 23.0 Å². The van der Waals surface area contributed by atoms with E-state index in [1.165, 1.54) is 11.0 Å². The highest BCUT2D eigenvalue weighted by atomic mass is 16.6. The molecule has 0 spiro atoms. The predicted molar refractivity (Wildman–Crippen MR) is 46.0 cm³/mol. The molecule has 1 aliphatic rings. The van der Waals surface area contributed by atoms with E-state index in [2.05, 4.69) is 6.58 Å². The number of allylic oxidation sites excluding steroid dienone is 2. The fraction of sp³-hybridized carbons (Fsp3) is 0.250. The van der Waals surface area contributed by atoms with Crippen molar-refractivity contribution >= 4 is 0 Å². The number of likely N-dealkylation sites (N-methyl/N-ethyl adjacent to an activating group) is 1. The Kier molecular flexibility index (Phi) is 2.28. The summed E-state index contributed by atoms with van der Waals surface area (Å²) in [6.07, 6.45) is 5.85. The summed E-state index contributed by atoms with van der Waals surface area (Å²) in [6.45, 7) is 3.52. The minimum Gasteiger partial charge on any atom is -0.316 e. The van der Waals surface area contributed by atoms with Crippen molar-refractivity contribution in [1.29, 1.82) is 0 Å². The lowest BCUT2D eigenvalue weighted by molar-refractivity contribution is -0.534. The van der Waals surface area contributed by atoms with Gasteiger partial charge in [0.05, 0.1) is 4.92 Å². The molecule has 0 radical (unpaired) electrons. The van der Waals surface area contributed by atoms with Crippen molar-refractivity contribution in [1.82, 2.24) is 4.90 Å². The minimum atomic E-state index is -0.785. The molecular weight excluding hydrogens is 156 g/mol. The molecule has 1 heterocycles. The zero-order valence-corrected chi connectivity index (χ0v) is 6.80. The van der Waals surface area contributed by atoms with Crippen LogP contribution in [0.25, 0.3) is 0 Å². The average Bonchev–Trinajstić information content (AvgIpc) is 2.03. The number of nitrogens with zero attached hydrogens (tertiary/aromatic N) is 2. The molecule has 0 aliphatic carbocycles. The van der Waals surface area contributed by atoms with E-state index in [1.807, 2.05) is 0 Å². The molecule has 0 aromatic rings. The molecule has 64 valence electrons. The first-order valence-corrected chi connectivity index (χ1v) is 3.53. The van der Waals surface area contributed by atoms with E-state index in [4.69, 9.17) is 0 Å². The molecule has 0 saturated carbocycles. The molecule has 0 aromatic carbocycles. The summed E-state index contributed by atoms with van der Waals surface area (Å²) in [7, 11) is 1.67. The first-order valence-electron chi connectivity index (χ1n) is 3.53. The molecule has 0 saturated heterocycles. The van der Waals surface area contributed by atoms with Gasteiger partial charge in [-0.05, 0) is 12.2 Å². The number of hydrogen-bond donors (Lipinski definition) is 0. The molecule has 1 atom stereocenters. The van der Waals surface area contributed by atoms with Crippen LogP contribution in [0.3, 0.4) is 0 Å². The molecule has 12 heavy (non-hydrogen) atoms. The molecule has 0 aromatic heterocycles. The summed E-state index contributed by atoms with van der Waals surface area (Å²) in [6, 6.07) is 0. The number of hydrogen-bond acceptors (Lipinski definition) is 3. The predicted octanol–water partition coefficient (Wildman–Crippen LogP) is 1.16. The normalized spacial score (nSPS) is 21.9. The summed E-state index contributed by atoms with van der Waals surface area (Å²) >= 11 is 0. The maximum atomic E-state index is 10.6. The van der Waals surface area contributed by atoms with Crippen molar-refractivity contribution in [2.45, 2.75) is 6.17 Å². The van der Waals surface area contributed by atoms with E-state index in [-0.39, 0.29) is 4.92 Å². The van der Waals surface area contributed by atoms with Crippen LogP contribution in [0.5, 0.6) is 0 Å². The maximum absolute atomic E-state index is 10.6. The third-order valence-electron chi connectivity index (χ3n) is 1.73. The molecular formula is C8H10N2O2. The largest absolute Gasteiger partial charge is 0.316 e. The summed E-state index contributed by atoms with van der Waals surface area (Å²) < 4.78 is 0. The van der Waals surface area contributed by atoms with E-state index >= 15 is 0 Å². The zero-order valence-electron chi connectivity index (χ0n) is 6.80. The van der Waals surface area contributed by atoms with Gasteiger partial charge >= 0.3 is 6.17 Å². The zero-order chi connectivity index (χ0) is 9.14. The van der Waals surface area contributed by atoms with Gasteiger partial charge in [0.15, 0.2) is 0 Å². The average molecular weight is 166 g/mol. The van der Waals surface area contributed by atoms with E-state index in [0.29, 0.717) is 5.57 Å². The summed E-state index contributed by atoms with van der Waals surface area (Å²) in [4.78, 5) is 11.8. The van der Waals surface area contributed by atoms with Crippen LogP contribution in [0.4, 0.5) is 0 Å². The maximum Gasteiger partial charge on any atom is 0.312 e. The highest BCUT2D eigenvalue weighted by Gasteiger charge is 2.27. The fourth-order valence-corrected chi connectivity index (χ4v) is 1.14. The Labute approximate surface area is 70.6 Å². The number of nitro groups is 1. The Morgan fingerprint density at radius 2 is 2.50 bits per heavy atom. The van der Waals surface area contributed by atoms with Crippen LogP contribution < -0.4 is 0 Å². The Balaban J connectivity index is 2.95. The van der Waals surface area contributed by atoms with Gasteiger partial charge in [0.1, 0.15) is 0 Å². The van der Waals surface area contributed by atoms with Gasteiger partial charge in [-0.25, -0.2) is 0 Å². The van der Waals surface area contributed by atoms with Crippen LogP contribution in [0, 0.1) is 10.1 Å². The molecule has 1 unspecified atom stereocenters. The van der Waals surface area contributed by atoms with Crippen molar-refractivity contribution in [3.8, 4) is 0 Å². The quantitative estimate of drug-likeness (QED) is 0.456. The van der Waals surface area contributed by atoms with Crippen LogP contribution in [0.1, 0.15) is 0 Å². The van der Waals surface area contributed by atoms with Gasteiger partial charge in [0.2, 0.25) is 0 Å². The topological polar surface area (TPSA) is 46.4 Å². The second kappa shape index (κ2) is 3.21. The van der Waals surface area contributed by atoms with E-state index in [9.17, 15) is 10.1 Å². The van der Waals surface area contributed by atoms with Gasteiger partial charge in [0.25, 0.3) is 0 Å². The molecule has 0 N–H and O–H groups in total. The van der Waals surface area contributed by atoms with Crippen LogP contribution in [0.2, 0.25) is 0 Å². The van der Waals surface area contributed by atoms with E-state index < -0.39 is 6.17 Å². The smallest absolute Gasteiger partial charge is 0.312 e.